The van der Waals surface area contributed by atoms with Gasteiger partial charge in [0, 0.05) is 21.0 Å². The Morgan fingerprint density at radius 2 is 1.83 bits per heavy atom. The molecule has 8 heteroatoms. The summed E-state index contributed by atoms with van der Waals surface area (Å²) in [4.78, 5) is 24.7. The van der Waals surface area contributed by atoms with Gasteiger partial charge in [-0.1, -0.05) is 30.3 Å². The largest absolute Gasteiger partial charge is 0.361 e. The van der Waals surface area contributed by atoms with E-state index in [0.717, 1.165) is 33.8 Å². The Morgan fingerprint density at radius 3 is 2.79 bits per heavy atom. The molecule has 0 aliphatic rings. The summed E-state index contributed by atoms with van der Waals surface area (Å²) in [6.07, 6.45) is 1.53. The molecule has 0 amide bonds. The van der Waals surface area contributed by atoms with Crippen LogP contribution in [0.5, 0.6) is 0 Å². The molecule has 4 heterocycles. The molecule has 0 atom stereocenters. The van der Waals surface area contributed by atoms with Crippen LogP contribution in [0.25, 0.3) is 43.7 Å². The molecule has 0 unspecified atom stereocenters. The highest BCUT2D eigenvalue weighted by atomic mass is 32.1. The first-order chi connectivity index (χ1) is 14.3. The van der Waals surface area contributed by atoms with E-state index in [9.17, 15) is 0 Å². The van der Waals surface area contributed by atoms with E-state index in [1.165, 1.54) is 16.4 Å². The monoisotopic (exact) mass is 397 g/mol. The van der Waals surface area contributed by atoms with Gasteiger partial charge in [-0.3, -0.25) is 0 Å². The standard InChI is InChI=1S/C21H15N7S/c1-4-8-16-12(5-1)13(10-29-16)19-27-18-20(23-11-24-21(18)28-19)22-9-17-25-14-6-2-3-7-15(14)26-17/h1-8,10-11H,9H2,(H,25,26)(H2,22,23,24,27,28). The van der Waals surface area contributed by atoms with Crippen LogP contribution in [0.4, 0.5) is 5.82 Å². The molecule has 6 aromatic rings. The van der Waals surface area contributed by atoms with Gasteiger partial charge in [-0.15, -0.1) is 11.3 Å². The summed E-state index contributed by atoms with van der Waals surface area (Å²) in [5.74, 6) is 2.35. The second-order valence-electron chi connectivity index (χ2n) is 6.71. The van der Waals surface area contributed by atoms with Crippen molar-refractivity contribution in [2.45, 2.75) is 6.54 Å². The zero-order chi connectivity index (χ0) is 19.2. The molecule has 0 saturated heterocycles. The number of fused-ring (bicyclic) bond motifs is 3. The first-order valence-corrected chi connectivity index (χ1v) is 10.1. The van der Waals surface area contributed by atoms with Crippen LogP contribution in [0.2, 0.25) is 0 Å². The number of nitrogens with zero attached hydrogens (tertiary/aromatic N) is 4. The fourth-order valence-corrected chi connectivity index (χ4v) is 4.45. The van der Waals surface area contributed by atoms with Crippen LogP contribution in [-0.4, -0.2) is 29.9 Å². The van der Waals surface area contributed by atoms with Gasteiger partial charge in [0.15, 0.2) is 11.5 Å². The first kappa shape index (κ1) is 16.2. The fourth-order valence-electron chi connectivity index (χ4n) is 3.51. The summed E-state index contributed by atoms with van der Waals surface area (Å²) in [5, 5.41) is 6.65. The third-order valence-corrected chi connectivity index (χ3v) is 5.85. The molecular formula is C21H15N7S. The second kappa shape index (κ2) is 6.39. The van der Waals surface area contributed by atoms with Crippen LogP contribution in [0.15, 0.2) is 60.2 Å². The molecule has 0 spiro atoms. The summed E-state index contributed by atoms with van der Waals surface area (Å²) < 4.78 is 1.23. The third kappa shape index (κ3) is 2.73. The van der Waals surface area contributed by atoms with Gasteiger partial charge in [0.25, 0.3) is 0 Å². The molecular weight excluding hydrogens is 382 g/mol. The van der Waals surface area contributed by atoms with Gasteiger partial charge in [0.1, 0.15) is 23.5 Å². The number of hydrogen-bond acceptors (Lipinski definition) is 6. The van der Waals surface area contributed by atoms with E-state index in [0.29, 0.717) is 18.0 Å². The Morgan fingerprint density at radius 1 is 0.931 bits per heavy atom. The number of aromatic amines is 2. The van der Waals surface area contributed by atoms with Crippen molar-refractivity contribution in [2.75, 3.05) is 5.32 Å². The molecule has 0 aliphatic heterocycles. The Balaban J connectivity index is 1.35. The van der Waals surface area contributed by atoms with Crippen LogP contribution >= 0.6 is 11.3 Å². The van der Waals surface area contributed by atoms with Crippen molar-refractivity contribution in [3.05, 3.63) is 66.1 Å². The molecule has 140 valence electrons. The van der Waals surface area contributed by atoms with Crippen LogP contribution in [0, 0.1) is 0 Å². The van der Waals surface area contributed by atoms with E-state index in [2.05, 4.69) is 47.7 Å². The maximum atomic E-state index is 4.69. The number of thiophene rings is 1. The minimum absolute atomic E-state index is 0.524. The number of nitrogens with one attached hydrogen (secondary N) is 3. The number of benzene rings is 2. The Bertz CT molecular complexity index is 1440. The summed E-state index contributed by atoms with van der Waals surface area (Å²) >= 11 is 1.71. The highest BCUT2D eigenvalue weighted by molar-refractivity contribution is 7.17. The zero-order valence-electron chi connectivity index (χ0n) is 15.2. The van der Waals surface area contributed by atoms with Crippen molar-refractivity contribution in [1.82, 2.24) is 29.9 Å². The normalized spacial score (nSPS) is 11.6. The average Bonchev–Trinajstić information content (AvgIpc) is 3.47. The van der Waals surface area contributed by atoms with Gasteiger partial charge < -0.3 is 15.3 Å². The van der Waals surface area contributed by atoms with Crippen LogP contribution < -0.4 is 5.32 Å². The summed E-state index contributed by atoms with van der Waals surface area (Å²) in [7, 11) is 0. The smallest absolute Gasteiger partial charge is 0.183 e. The second-order valence-corrected chi connectivity index (χ2v) is 7.62. The molecule has 0 aliphatic carbocycles. The quantitative estimate of drug-likeness (QED) is 0.400. The van der Waals surface area contributed by atoms with Gasteiger partial charge >= 0.3 is 0 Å². The van der Waals surface area contributed by atoms with Crippen molar-refractivity contribution < 1.29 is 0 Å². The molecule has 6 rings (SSSR count). The van der Waals surface area contributed by atoms with Crippen molar-refractivity contribution in [3.8, 4) is 11.4 Å². The van der Waals surface area contributed by atoms with Crippen molar-refractivity contribution in [3.63, 3.8) is 0 Å². The number of para-hydroxylation sites is 2. The Hall–Kier alpha value is -3.78. The number of imidazole rings is 2. The molecule has 7 nitrogen and oxygen atoms in total. The van der Waals surface area contributed by atoms with Gasteiger partial charge in [0.2, 0.25) is 0 Å². The summed E-state index contributed by atoms with van der Waals surface area (Å²) in [6, 6.07) is 16.3. The fraction of sp³-hybridized carbons (Fsp3) is 0.0476. The number of rotatable bonds is 4. The lowest BCUT2D eigenvalue weighted by atomic mass is 10.2. The van der Waals surface area contributed by atoms with Crippen LogP contribution in [0.1, 0.15) is 5.82 Å². The predicted molar refractivity (Wildman–Crippen MR) is 116 cm³/mol. The Kier molecular flexibility index (Phi) is 3.57. The lowest BCUT2D eigenvalue weighted by molar-refractivity contribution is 0.996. The first-order valence-electron chi connectivity index (χ1n) is 9.20. The van der Waals surface area contributed by atoms with E-state index < -0.39 is 0 Å². The van der Waals surface area contributed by atoms with E-state index in [1.807, 2.05) is 36.4 Å². The average molecular weight is 397 g/mol. The van der Waals surface area contributed by atoms with Gasteiger partial charge in [-0.2, -0.15) is 0 Å². The molecule has 0 fully saturated rings. The van der Waals surface area contributed by atoms with Gasteiger partial charge in [-0.25, -0.2) is 19.9 Å². The van der Waals surface area contributed by atoms with Gasteiger partial charge in [-0.05, 0) is 18.2 Å². The van der Waals surface area contributed by atoms with Crippen molar-refractivity contribution in [2.24, 2.45) is 0 Å². The highest BCUT2D eigenvalue weighted by Crippen LogP contribution is 2.33. The Labute approximate surface area is 168 Å². The topological polar surface area (TPSA) is 95.2 Å². The summed E-state index contributed by atoms with van der Waals surface area (Å²) in [6.45, 7) is 0.524. The molecule has 29 heavy (non-hydrogen) atoms. The summed E-state index contributed by atoms with van der Waals surface area (Å²) in [5.41, 5.74) is 4.47. The number of hydrogen-bond donors (Lipinski definition) is 3. The van der Waals surface area contributed by atoms with Crippen LogP contribution in [-0.2, 0) is 6.54 Å². The van der Waals surface area contributed by atoms with E-state index in [1.54, 1.807) is 11.3 Å². The molecule has 3 N–H and O–H groups in total. The maximum Gasteiger partial charge on any atom is 0.183 e. The van der Waals surface area contributed by atoms with Gasteiger partial charge in [0.05, 0.1) is 17.6 Å². The van der Waals surface area contributed by atoms with Crippen LogP contribution in [0.3, 0.4) is 0 Å². The lowest BCUT2D eigenvalue weighted by Gasteiger charge is -2.03. The molecule has 4 aromatic heterocycles. The zero-order valence-corrected chi connectivity index (χ0v) is 16.0. The minimum atomic E-state index is 0.524. The van der Waals surface area contributed by atoms with E-state index in [4.69, 9.17) is 4.98 Å². The molecule has 0 bridgehead atoms. The molecule has 0 saturated carbocycles. The van der Waals surface area contributed by atoms with Crippen molar-refractivity contribution in [1.29, 1.82) is 0 Å². The van der Waals surface area contributed by atoms with Crippen molar-refractivity contribution >= 4 is 49.4 Å². The minimum Gasteiger partial charge on any atom is -0.361 e. The molecule has 0 radical (unpaired) electrons. The van der Waals surface area contributed by atoms with E-state index >= 15 is 0 Å². The number of aromatic nitrogens is 6. The predicted octanol–water partition coefficient (Wildman–Crippen LogP) is 4.72. The van der Waals surface area contributed by atoms with E-state index in [-0.39, 0.29) is 0 Å². The maximum absolute atomic E-state index is 4.69. The molecule has 2 aromatic carbocycles. The highest BCUT2D eigenvalue weighted by Gasteiger charge is 2.14. The lowest BCUT2D eigenvalue weighted by Crippen LogP contribution is -2.04. The number of anilines is 1. The SMILES string of the molecule is c1ccc2[nH]c(CNc3ncnc4nc(-c5csc6ccccc56)[nH]c34)nc2c1. The number of H-pyrrole nitrogens is 2. The third-order valence-electron chi connectivity index (χ3n) is 4.89.